The Balaban J connectivity index is 1.83. The number of piperidine rings is 1. The Labute approximate surface area is 137 Å². The van der Waals surface area contributed by atoms with Crippen molar-refractivity contribution in [3.05, 3.63) is 48.7 Å². The standard InChI is InChI=1S/C19H24N4/c1-19(8-12-21(2)13-9-19)18-20-10-14-23(18)17-6-4-5-16-15(17)7-11-22(16)3/h4-7,10-11,14H,8-9,12-13H2,1-3H3. The highest BCUT2D eigenvalue weighted by Gasteiger charge is 2.34. The fourth-order valence-electron chi connectivity index (χ4n) is 3.78. The van der Waals surface area contributed by atoms with E-state index in [0.717, 1.165) is 25.9 Å². The average Bonchev–Trinajstić information content (AvgIpc) is 3.18. The highest BCUT2D eigenvalue weighted by Crippen LogP contribution is 2.36. The molecule has 1 aliphatic heterocycles. The van der Waals surface area contributed by atoms with Gasteiger partial charge in [0.05, 0.1) is 5.69 Å². The van der Waals surface area contributed by atoms with Gasteiger partial charge in [0.25, 0.3) is 0 Å². The maximum atomic E-state index is 4.76. The van der Waals surface area contributed by atoms with Crippen molar-refractivity contribution in [3.63, 3.8) is 0 Å². The molecule has 1 fully saturated rings. The van der Waals surface area contributed by atoms with Gasteiger partial charge in [-0.3, -0.25) is 0 Å². The molecule has 4 nitrogen and oxygen atoms in total. The van der Waals surface area contributed by atoms with Crippen molar-refractivity contribution in [1.29, 1.82) is 0 Å². The highest BCUT2D eigenvalue weighted by atomic mass is 15.1. The summed E-state index contributed by atoms with van der Waals surface area (Å²) >= 11 is 0. The summed E-state index contributed by atoms with van der Waals surface area (Å²) < 4.78 is 4.47. The monoisotopic (exact) mass is 308 g/mol. The number of benzene rings is 1. The first-order valence-electron chi connectivity index (χ1n) is 8.35. The van der Waals surface area contributed by atoms with Gasteiger partial charge in [-0.1, -0.05) is 13.0 Å². The zero-order valence-electron chi connectivity index (χ0n) is 14.2. The lowest BCUT2D eigenvalue weighted by atomic mass is 9.79. The summed E-state index contributed by atoms with van der Waals surface area (Å²) in [4.78, 5) is 7.17. The maximum absolute atomic E-state index is 4.76. The molecule has 4 rings (SSSR count). The highest BCUT2D eigenvalue weighted by molar-refractivity contribution is 5.88. The summed E-state index contributed by atoms with van der Waals surface area (Å²) in [5, 5.41) is 1.28. The first-order chi connectivity index (χ1) is 11.1. The van der Waals surface area contributed by atoms with Crippen molar-refractivity contribution in [3.8, 4) is 5.69 Å². The molecule has 1 saturated heterocycles. The first-order valence-corrected chi connectivity index (χ1v) is 8.35. The van der Waals surface area contributed by atoms with E-state index in [4.69, 9.17) is 4.98 Å². The molecule has 120 valence electrons. The predicted molar refractivity (Wildman–Crippen MR) is 94.1 cm³/mol. The van der Waals surface area contributed by atoms with Crippen molar-refractivity contribution < 1.29 is 0 Å². The SMILES string of the molecule is CN1CCC(C)(c2nccn2-c2cccc3c2ccn3C)CC1. The Hall–Kier alpha value is -2.07. The summed E-state index contributed by atoms with van der Waals surface area (Å²) in [7, 11) is 4.30. The molecule has 2 aromatic heterocycles. The lowest BCUT2D eigenvalue weighted by Gasteiger charge is -2.37. The maximum Gasteiger partial charge on any atom is 0.119 e. The van der Waals surface area contributed by atoms with Crippen LogP contribution in [0.2, 0.25) is 0 Å². The van der Waals surface area contributed by atoms with Gasteiger partial charge in [-0.2, -0.15) is 0 Å². The number of hydrogen-bond acceptors (Lipinski definition) is 2. The third-order valence-electron chi connectivity index (χ3n) is 5.44. The van der Waals surface area contributed by atoms with E-state index in [0.29, 0.717) is 0 Å². The van der Waals surface area contributed by atoms with Crippen LogP contribution >= 0.6 is 0 Å². The van der Waals surface area contributed by atoms with Crippen LogP contribution < -0.4 is 0 Å². The topological polar surface area (TPSA) is 26.0 Å². The van der Waals surface area contributed by atoms with Crippen molar-refractivity contribution in [2.45, 2.75) is 25.2 Å². The lowest BCUT2D eigenvalue weighted by Crippen LogP contribution is -2.40. The fraction of sp³-hybridized carbons (Fsp3) is 0.421. The van der Waals surface area contributed by atoms with E-state index in [1.165, 1.54) is 22.4 Å². The van der Waals surface area contributed by atoms with E-state index in [1.807, 2.05) is 6.20 Å². The van der Waals surface area contributed by atoms with E-state index in [1.54, 1.807) is 0 Å². The van der Waals surface area contributed by atoms with Crippen LogP contribution in [-0.4, -0.2) is 39.2 Å². The zero-order chi connectivity index (χ0) is 16.0. The number of rotatable bonds is 2. The molecule has 0 amide bonds. The number of aromatic nitrogens is 3. The Morgan fingerprint density at radius 1 is 1.04 bits per heavy atom. The van der Waals surface area contributed by atoms with E-state index in [2.05, 4.69) is 71.7 Å². The summed E-state index contributed by atoms with van der Waals surface area (Å²) in [6.07, 6.45) is 8.50. The minimum atomic E-state index is 0.146. The van der Waals surface area contributed by atoms with E-state index < -0.39 is 0 Å². The first kappa shape index (κ1) is 14.5. The van der Waals surface area contributed by atoms with Crippen molar-refractivity contribution in [2.75, 3.05) is 20.1 Å². The predicted octanol–water partition coefficient (Wildman–Crippen LogP) is 3.35. The van der Waals surface area contributed by atoms with Crippen molar-refractivity contribution in [2.24, 2.45) is 7.05 Å². The molecular weight excluding hydrogens is 284 g/mol. The molecule has 0 spiro atoms. The smallest absolute Gasteiger partial charge is 0.119 e. The average molecular weight is 308 g/mol. The van der Waals surface area contributed by atoms with Crippen molar-refractivity contribution in [1.82, 2.24) is 19.0 Å². The van der Waals surface area contributed by atoms with Gasteiger partial charge < -0.3 is 14.0 Å². The molecule has 0 radical (unpaired) electrons. The molecule has 3 aromatic rings. The van der Waals surface area contributed by atoms with Gasteiger partial charge in [0.15, 0.2) is 0 Å². The molecule has 0 saturated carbocycles. The van der Waals surface area contributed by atoms with E-state index >= 15 is 0 Å². The molecule has 23 heavy (non-hydrogen) atoms. The molecule has 4 heteroatoms. The van der Waals surface area contributed by atoms with E-state index in [9.17, 15) is 0 Å². The molecule has 0 aliphatic carbocycles. The summed E-state index contributed by atoms with van der Waals surface area (Å²) in [6.45, 7) is 4.64. The largest absolute Gasteiger partial charge is 0.350 e. The Kier molecular flexibility index (Phi) is 3.31. The van der Waals surface area contributed by atoms with Crippen LogP contribution in [0.4, 0.5) is 0 Å². The molecular formula is C19H24N4. The Morgan fingerprint density at radius 3 is 2.61 bits per heavy atom. The number of aryl methyl sites for hydroxylation is 1. The third kappa shape index (κ3) is 2.29. The number of fused-ring (bicyclic) bond motifs is 1. The van der Waals surface area contributed by atoms with Gasteiger partial charge in [0.2, 0.25) is 0 Å². The van der Waals surface area contributed by atoms with Gasteiger partial charge >= 0.3 is 0 Å². The Bertz CT molecular complexity index is 834. The summed E-state index contributed by atoms with van der Waals surface area (Å²) in [5.41, 5.74) is 2.64. The molecule has 1 aromatic carbocycles. The number of nitrogens with zero attached hydrogens (tertiary/aromatic N) is 4. The minimum Gasteiger partial charge on any atom is -0.350 e. The van der Waals surface area contributed by atoms with Gasteiger partial charge in [-0.25, -0.2) is 4.98 Å². The normalized spacial score (nSPS) is 18.6. The molecule has 0 atom stereocenters. The van der Waals surface area contributed by atoms with Gasteiger partial charge in [-0.15, -0.1) is 0 Å². The van der Waals surface area contributed by atoms with Gasteiger partial charge in [0, 0.05) is 42.0 Å². The molecule has 0 bridgehead atoms. The second kappa shape index (κ2) is 5.24. The molecule has 3 heterocycles. The van der Waals surface area contributed by atoms with Crippen LogP contribution in [0.3, 0.4) is 0 Å². The Morgan fingerprint density at radius 2 is 1.83 bits per heavy atom. The minimum absolute atomic E-state index is 0.146. The number of imidazole rings is 1. The molecule has 0 unspecified atom stereocenters. The van der Waals surface area contributed by atoms with Crippen molar-refractivity contribution >= 4 is 10.9 Å². The van der Waals surface area contributed by atoms with Crippen LogP contribution in [0, 0.1) is 0 Å². The van der Waals surface area contributed by atoms with Crippen LogP contribution in [0.15, 0.2) is 42.9 Å². The van der Waals surface area contributed by atoms with Crippen LogP contribution in [0.5, 0.6) is 0 Å². The molecule has 0 N–H and O–H groups in total. The van der Waals surface area contributed by atoms with E-state index in [-0.39, 0.29) is 5.41 Å². The number of likely N-dealkylation sites (tertiary alicyclic amines) is 1. The molecule has 1 aliphatic rings. The van der Waals surface area contributed by atoms with Crippen LogP contribution in [0.1, 0.15) is 25.6 Å². The second-order valence-electron chi connectivity index (χ2n) is 7.12. The quantitative estimate of drug-likeness (QED) is 0.725. The zero-order valence-corrected chi connectivity index (χ0v) is 14.2. The summed E-state index contributed by atoms with van der Waals surface area (Å²) in [6, 6.07) is 8.71. The van der Waals surface area contributed by atoms with Crippen LogP contribution in [-0.2, 0) is 12.5 Å². The lowest BCUT2D eigenvalue weighted by molar-refractivity contribution is 0.192. The summed E-state index contributed by atoms with van der Waals surface area (Å²) in [5.74, 6) is 1.20. The number of hydrogen-bond donors (Lipinski definition) is 0. The van der Waals surface area contributed by atoms with Crippen LogP contribution in [0.25, 0.3) is 16.6 Å². The second-order valence-corrected chi connectivity index (χ2v) is 7.12. The van der Waals surface area contributed by atoms with Gasteiger partial charge in [-0.05, 0) is 51.2 Å². The van der Waals surface area contributed by atoms with Gasteiger partial charge in [0.1, 0.15) is 5.82 Å². The fourth-order valence-corrected chi connectivity index (χ4v) is 3.78. The third-order valence-corrected chi connectivity index (χ3v) is 5.44.